The molecule has 0 heterocycles. The van der Waals surface area contributed by atoms with Crippen molar-refractivity contribution < 1.29 is 9.47 Å². The van der Waals surface area contributed by atoms with E-state index in [9.17, 15) is 0 Å². The fourth-order valence-electron chi connectivity index (χ4n) is 22.9. The predicted octanol–water partition coefficient (Wildman–Crippen LogP) is 34.1. The maximum Gasteiger partial charge on any atom is 0.233 e. The van der Waals surface area contributed by atoms with E-state index in [0.29, 0.717) is 27.7 Å². The molecule has 0 N–H and O–H groups in total. The first kappa shape index (κ1) is 118. The zero-order valence-electron chi connectivity index (χ0n) is 90.5. The van der Waals surface area contributed by atoms with E-state index in [-0.39, 0.29) is 54.9 Å². The zero-order valence-corrected chi connectivity index (χ0v) is 98.9. The van der Waals surface area contributed by atoms with Gasteiger partial charge in [-0.15, -0.1) is 58.8 Å². The molecule has 6 unspecified atom stereocenters. The fraction of sp³-hybridized carbons (Fsp3) is 0.739. The van der Waals surface area contributed by atoms with Crippen LogP contribution in [0.2, 0.25) is 0 Å². The van der Waals surface area contributed by atoms with Gasteiger partial charge in [-0.2, -0.15) is 0 Å². The summed E-state index contributed by atoms with van der Waals surface area (Å²) in [5.41, 5.74) is 5.69. The highest BCUT2D eigenvalue weighted by Crippen LogP contribution is 2.94. The Morgan fingerprint density at radius 3 is 1.13 bits per heavy atom. The van der Waals surface area contributed by atoms with Crippen LogP contribution in [0.3, 0.4) is 0 Å². The topological polar surface area (TPSA) is 44.4 Å². The predicted molar refractivity (Wildman–Crippen MR) is 624 cm³/mol. The van der Waals surface area contributed by atoms with Gasteiger partial charge in [0, 0.05) is 86.5 Å². The highest BCUT2D eigenvalue weighted by atomic mass is 32.3. The molecule has 13 rings (SSSR count). The second-order valence-corrected chi connectivity index (χ2v) is 68.9. The third kappa shape index (κ3) is 33.8. The average molecular weight is 2040 g/mol. The number of nitrogens with zero attached hydrogens (tertiary/aromatic N) is 8. The number of benzene rings is 5. The van der Waals surface area contributed by atoms with Crippen molar-refractivity contribution in [2.75, 3.05) is 125 Å². The van der Waals surface area contributed by atoms with E-state index in [1.54, 1.807) is 31.0 Å². The lowest BCUT2D eigenvalue weighted by Crippen LogP contribution is -2.80. The van der Waals surface area contributed by atoms with Gasteiger partial charge in [-0.1, -0.05) is 343 Å². The van der Waals surface area contributed by atoms with Crippen molar-refractivity contribution in [2.45, 2.75) is 434 Å². The lowest BCUT2D eigenvalue weighted by molar-refractivity contribution is -0.183. The molecule has 8 saturated carbocycles. The molecule has 0 amide bonds. The average Bonchev–Trinajstić information content (AvgIpc) is 0.858. The third-order valence-electron chi connectivity index (χ3n) is 30.0. The normalized spacial score (nSPS) is 20.6. The Hall–Kier alpha value is -0.960. The standard InChI is InChI=1S/C31H56P4.C24H44N4.C21H38O2S2.C20H30S4.C19H28N4/c1-8-10-26-34(9-2)31(33(7)30(3,4)5,32(6)27-20-14-11-15-21-27)35(28-22-16-12-17-23-28)29-24-18-13-19-25-29;1-20(2)28(22-18-14-11-15-19-22)24(25(6)7,27(9)23(3,4)5)26(8)21-16-12-10-13-17-21;1-22-17-21(23-18-11-5-2-6-12-18,24-19-13-7-3-8-14-19)25-20-15-9-4-10-16-20;1-19(2,3)24-20(23-18-14-15-18,21-16-10-6-4-7-11-16)22-17-12-8-5-9-13-17;1-20(2)19(21(3)4,22(5)17-13-9-7-10-14-17)23(6)18-15-11-8-12-16-18/h11,14-15,20-21,28-29H,8-10,12-13,16-19,22-26H2,1-7H3;11,14-15,18-21H,10,12-13,16-17H2,1-9H3;18-20H,2-17H2,1H3;4,6-7,10-11,17-18H,5,8-9,12-15H2,1-3H3;7-16H,1-6H3. The number of unbranched alkanes of at least 4 members (excludes halogenated alkanes) is 1. The number of methoxy groups -OCH3 is 1. The number of anilines is 3. The molecule has 5 aromatic rings. The van der Waals surface area contributed by atoms with Gasteiger partial charge < -0.3 is 24.2 Å². The van der Waals surface area contributed by atoms with Gasteiger partial charge in [0.1, 0.15) is 0 Å². The summed E-state index contributed by atoms with van der Waals surface area (Å²) in [7, 11) is 23.4. The maximum atomic E-state index is 6.93. The molecule has 8 fully saturated rings. The highest BCUT2D eigenvalue weighted by molar-refractivity contribution is 8.48. The van der Waals surface area contributed by atoms with Gasteiger partial charge in [0.25, 0.3) is 0 Å². The molecule has 764 valence electrons. The summed E-state index contributed by atoms with van der Waals surface area (Å²) in [6, 6.07) is 55.9. The van der Waals surface area contributed by atoms with Crippen LogP contribution in [0.5, 0.6) is 0 Å². The molecule has 0 bridgehead atoms. The van der Waals surface area contributed by atoms with E-state index in [2.05, 4.69) is 423 Å². The van der Waals surface area contributed by atoms with E-state index in [4.69, 9.17) is 9.47 Å². The molecular formula is C115H196N8O2P4S6. The van der Waals surface area contributed by atoms with Gasteiger partial charge >= 0.3 is 0 Å². The molecule has 8 aliphatic rings. The Morgan fingerprint density at radius 1 is 0.415 bits per heavy atom. The summed E-state index contributed by atoms with van der Waals surface area (Å²) >= 11 is 13.1. The van der Waals surface area contributed by atoms with Crippen molar-refractivity contribution in [3.8, 4) is 0 Å². The minimum atomic E-state index is -0.442. The number of hydrogen-bond donors (Lipinski definition) is 0. The molecule has 0 aromatic heterocycles. The smallest absolute Gasteiger partial charge is 0.233 e. The van der Waals surface area contributed by atoms with Gasteiger partial charge in [0.05, 0.1) is 17.1 Å². The molecule has 8 aliphatic carbocycles. The zero-order chi connectivity index (χ0) is 98.0. The summed E-state index contributed by atoms with van der Waals surface area (Å²) in [5, 5.41) is 5.40. The highest BCUT2D eigenvalue weighted by Gasteiger charge is 2.60. The monoisotopic (exact) mass is 2040 g/mol. The fourth-order valence-corrected chi connectivity index (χ4v) is 61.8. The molecule has 0 saturated heterocycles. The Labute approximate surface area is 862 Å². The first-order valence-electron chi connectivity index (χ1n) is 53.8. The Bertz CT molecular complexity index is 3840. The van der Waals surface area contributed by atoms with Crippen LogP contribution in [0, 0.1) is 0 Å². The number of ether oxygens (including phenoxy) is 2. The Morgan fingerprint density at radius 2 is 0.778 bits per heavy atom. The maximum absolute atomic E-state index is 6.93. The van der Waals surface area contributed by atoms with Crippen LogP contribution in [0.1, 0.15) is 340 Å². The van der Waals surface area contributed by atoms with Crippen LogP contribution in [-0.4, -0.2) is 224 Å². The molecular weight excluding hydrogens is 1840 g/mol. The number of rotatable bonds is 39. The lowest BCUT2D eigenvalue weighted by atomic mass is 9.93. The van der Waals surface area contributed by atoms with E-state index in [0.717, 1.165) is 50.3 Å². The number of para-hydroxylation sites is 3. The van der Waals surface area contributed by atoms with Crippen LogP contribution in [0.15, 0.2) is 157 Å². The van der Waals surface area contributed by atoms with Crippen molar-refractivity contribution in [1.82, 2.24) is 24.5 Å². The first-order chi connectivity index (χ1) is 64.5. The van der Waals surface area contributed by atoms with E-state index in [1.807, 2.05) is 19.2 Å². The van der Waals surface area contributed by atoms with E-state index >= 15 is 0 Å². The summed E-state index contributed by atoms with van der Waals surface area (Å²) in [6.45, 7) is 38.0. The number of thioether (sulfide) groups is 6. The van der Waals surface area contributed by atoms with E-state index in [1.165, 1.54) is 248 Å². The number of hydrogen-bond acceptors (Lipinski definition) is 16. The summed E-state index contributed by atoms with van der Waals surface area (Å²) < 4.78 is 13.6. The molecule has 5 aromatic carbocycles. The van der Waals surface area contributed by atoms with Crippen molar-refractivity contribution in [1.29, 1.82) is 0 Å². The molecule has 135 heavy (non-hydrogen) atoms. The van der Waals surface area contributed by atoms with Crippen molar-refractivity contribution >= 4 is 125 Å². The van der Waals surface area contributed by atoms with Gasteiger partial charge in [-0.05, 0) is 296 Å². The van der Waals surface area contributed by atoms with Crippen molar-refractivity contribution in [3.05, 3.63) is 152 Å². The Kier molecular flexibility index (Phi) is 50.5. The molecule has 0 aliphatic heterocycles. The minimum absolute atomic E-state index is 0.00904. The van der Waals surface area contributed by atoms with Crippen LogP contribution >= 0.6 is 102 Å². The summed E-state index contributed by atoms with van der Waals surface area (Å²) in [5.74, 6) is -0.807. The molecule has 0 radical (unpaired) electrons. The molecule has 10 nitrogen and oxygen atoms in total. The Balaban J connectivity index is 0.000000191. The molecule has 20 heteroatoms. The van der Waals surface area contributed by atoms with E-state index < -0.39 is 5.91 Å². The van der Waals surface area contributed by atoms with Gasteiger partial charge in [-0.25, -0.2) is 0 Å². The second-order valence-electron chi connectivity index (χ2n) is 44.3. The first-order valence-corrected chi connectivity index (χ1v) is 65.7. The van der Waals surface area contributed by atoms with Crippen LogP contribution in [0.25, 0.3) is 0 Å². The van der Waals surface area contributed by atoms with Crippen LogP contribution in [-0.2, 0) is 9.47 Å². The summed E-state index contributed by atoms with van der Waals surface area (Å²) in [4.78, 5) is 20.7. The molecule has 6 atom stereocenters. The van der Waals surface area contributed by atoms with Crippen molar-refractivity contribution in [2.24, 2.45) is 0 Å². The molecule has 0 spiro atoms. The third-order valence-corrected chi connectivity index (χ3v) is 61.0. The van der Waals surface area contributed by atoms with Crippen molar-refractivity contribution in [3.63, 3.8) is 0 Å². The minimum Gasteiger partial charge on any atom is -0.380 e. The summed E-state index contributed by atoms with van der Waals surface area (Å²) in [6.07, 6.45) is 58.6. The SMILES string of the molecule is CC(C)(C)SC(Sc1ccccc1)(SC1CCCCC1)SC1CC1.CC(C)N(c1ccccc1)C(N(C)C)(N(C)C1CCCCC1)N(C)C(C)(C)C.CCCCP(CC)C(P(C)c1ccccc1)(P(C1CCCCC1)C1CCCCC1)P(C)C(C)(C)C.CN(C)C(N(C)C)(N(C)c1ccccc1)N(C)c1ccccc1.COCC(OC1CCCCC1)(SC1CCCCC1)SC1CCCCC1. The van der Waals surface area contributed by atoms with Crippen LogP contribution < -0.4 is 20.0 Å². The van der Waals surface area contributed by atoms with Crippen LogP contribution in [0.4, 0.5) is 17.1 Å². The second kappa shape index (κ2) is 58.0. The van der Waals surface area contributed by atoms with Gasteiger partial charge in [0.2, 0.25) is 11.8 Å². The largest absolute Gasteiger partial charge is 0.380 e. The quantitative estimate of drug-likeness (QED) is 0.0213. The lowest BCUT2D eigenvalue weighted by Gasteiger charge is -2.63. The van der Waals surface area contributed by atoms with Gasteiger partial charge in [0.15, 0.2) is 7.01 Å². The van der Waals surface area contributed by atoms with Gasteiger partial charge in [-0.3, -0.25) is 24.5 Å².